The molecule has 2 aliphatic heterocycles. The summed E-state index contributed by atoms with van der Waals surface area (Å²) in [5.41, 5.74) is -0.450. The van der Waals surface area contributed by atoms with Crippen LogP contribution in [0.2, 0.25) is 0 Å². The molecule has 15 nitrogen and oxygen atoms in total. The lowest BCUT2D eigenvalue weighted by molar-refractivity contribution is -0.140. The first-order valence-electron chi connectivity index (χ1n) is 16.3. The summed E-state index contributed by atoms with van der Waals surface area (Å²) >= 11 is 0. The van der Waals surface area contributed by atoms with Crippen molar-refractivity contribution in [2.75, 3.05) is 13.7 Å². The van der Waals surface area contributed by atoms with E-state index in [1.165, 1.54) is 24.5 Å². The lowest BCUT2D eigenvalue weighted by Gasteiger charge is -2.25. The van der Waals surface area contributed by atoms with Gasteiger partial charge >= 0.3 is 0 Å². The molecule has 0 spiro atoms. The maximum Gasteiger partial charge on any atom is 0.276 e. The van der Waals surface area contributed by atoms with E-state index in [-0.39, 0.29) is 48.5 Å². The standard InChI is InChI=1S/C34H43N7O8/c1-18(2)12-22-27(42)35-19(3)30-40-25(17-48-30)32(45)41-15-21(36-33(46)34(4,5)47-6)14-26(41)29(44)38-23(13-20-10-8-7-9-11-20)31-39-24(16-49-31)28(43)37-22/h7-11,16-19,21-23,26H,12-15H2,1-6H3,(H,35,42)(H,36,46)(H,37,43)(H,38,44)/t19-,21+,22-,23+,26+/m1/s1. The summed E-state index contributed by atoms with van der Waals surface area (Å²) in [6.07, 6.45) is 3.02. The second kappa shape index (κ2) is 14.6. The van der Waals surface area contributed by atoms with Gasteiger partial charge in [0, 0.05) is 26.1 Å². The first-order chi connectivity index (χ1) is 23.2. The lowest BCUT2D eigenvalue weighted by atomic mass is 10.0. The van der Waals surface area contributed by atoms with Crippen LogP contribution >= 0.6 is 0 Å². The second-order valence-corrected chi connectivity index (χ2v) is 13.4. The number of benzene rings is 1. The van der Waals surface area contributed by atoms with Crippen molar-refractivity contribution in [3.63, 3.8) is 0 Å². The summed E-state index contributed by atoms with van der Waals surface area (Å²) in [5, 5.41) is 11.4. The number of nitrogens with zero attached hydrogens (tertiary/aromatic N) is 3. The molecule has 4 heterocycles. The smallest absolute Gasteiger partial charge is 0.276 e. The molecule has 1 aromatic carbocycles. The molecule has 0 aliphatic carbocycles. The van der Waals surface area contributed by atoms with Crippen LogP contribution < -0.4 is 21.3 Å². The van der Waals surface area contributed by atoms with Gasteiger partial charge in [0.1, 0.15) is 42.3 Å². The molecule has 5 atom stereocenters. The largest absolute Gasteiger partial charge is 0.446 e. The minimum atomic E-state index is -1.15. The molecule has 49 heavy (non-hydrogen) atoms. The van der Waals surface area contributed by atoms with Gasteiger partial charge in [-0.05, 0) is 45.1 Å². The van der Waals surface area contributed by atoms with Crippen molar-refractivity contribution >= 4 is 29.5 Å². The fourth-order valence-electron chi connectivity index (χ4n) is 5.78. The van der Waals surface area contributed by atoms with E-state index in [1.807, 2.05) is 44.2 Å². The highest BCUT2D eigenvalue weighted by molar-refractivity contribution is 5.97. The Morgan fingerprint density at radius 2 is 1.65 bits per heavy atom. The number of methoxy groups -OCH3 is 1. The number of ether oxygens (including phenoxy) is 1. The van der Waals surface area contributed by atoms with Gasteiger partial charge in [-0.3, -0.25) is 24.0 Å². The first-order valence-corrected chi connectivity index (χ1v) is 16.3. The van der Waals surface area contributed by atoms with Crippen molar-refractivity contribution in [3.05, 3.63) is 71.6 Å². The average Bonchev–Trinajstić information content (AvgIpc) is 3.84. The van der Waals surface area contributed by atoms with Crippen LogP contribution in [0.1, 0.15) is 97.9 Å². The van der Waals surface area contributed by atoms with Crippen molar-refractivity contribution in [1.29, 1.82) is 0 Å². The van der Waals surface area contributed by atoms with Gasteiger partial charge in [0.2, 0.25) is 23.6 Å². The van der Waals surface area contributed by atoms with Crippen molar-refractivity contribution in [2.45, 2.75) is 89.7 Å². The molecule has 2 aliphatic rings. The van der Waals surface area contributed by atoms with Gasteiger partial charge in [0.05, 0.1) is 0 Å². The molecule has 4 bridgehead atoms. The molecule has 1 fully saturated rings. The molecular formula is C34H43N7O8. The summed E-state index contributed by atoms with van der Waals surface area (Å²) in [7, 11) is 1.42. The summed E-state index contributed by atoms with van der Waals surface area (Å²) in [6, 6.07) is 5.15. The Bertz CT molecular complexity index is 1680. The predicted molar refractivity (Wildman–Crippen MR) is 174 cm³/mol. The molecule has 1 saturated heterocycles. The van der Waals surface area contributed by atoms with Crippen LogP contribution in [-0.4, -0.2) is 81.8 Å². The van der Waals surface area contributed by atoms with Gasteiger partial charge in [0.25, 0.3) is 17.7 Å². The number of oxazole rings is 2. The number of rotatable bonds is 7. The Kier molecular flexibility index (Phi) is 10.5. The zero-order valence-electron chi connectivity index (χ0n) is 28.4. The van der Waals surface area contributed by atoms with Gasteiger partial charge in [-0.1, -0.05) is 44.2 Å². The van der Waals surface area contributed by atoms with Crippen LogP contribution in [0.5, 0.6) is 0 Å². The second-order valence-electron chi connectivity index (χ2n) is 13.4. The average molecular weight is 678 g/mol. The minimum absolute atomic E-state index is 0.000489. The van der Waals surface area contributed by atoms with Gasteiger partial charge in [-0.2, -0.15) is 0 Å². The quantitative estimate of drug-likeness (QED) is 0.288. The van der Waals surface area contributed by atoms with E-state index >= 15 is 0 Å². The Morgan fingerprint density at radius 1 is 0.980 bits per heavy atom. The van der Waals surface area contributed by atoms with E-state index in [4.69, 9.17) is 13.6 Å². The Balaban J connectivity index is 1.53. The zero-order valence-corrected chi connectivity index (χ0v) is 28.4. The molecule has 5 amide bonds. The van der Waals surface area contributed by atoms with Crippen LogP contribution in [0.15, 0.2) is 51.7 Å². The van der Waals surface area contributed by atoms with Gasteiger partial charge in [-0.15, -0.1) is 0 Å². The number of nitrogens with one attached hydrogen (secondary N) is 4. The third-order valence-corrected chi connectivity index (χ3v) is 8.71. The third-order valence-electron chi connectivity index (χ3n) is 8.71. The van der Waals surface area contributed by atoms with Crippen LogP contribution in [0, 0.1) is 5.92 Å². The Morgan fingerprint density at radius 3 is 2.35 bits per heavy atom. The van der Waals surface area contributed by atoms with Crippen LogP contribution in [0.4, 0.5) is 0 Å². The van der Waals surface area contributed by atoms with Crippen molar-refractivity contribution in [2.24, 2.45) is 5.92 Å². The topological polar surface area (TPSA) is 198 Å². The third kappa shape index (κ3) is 8.16. The molecular weight excluding hydrogens is 634 g/mol. The highest BCUT2D eigenvalue weighted by Gasteiger charge is 2.43. The number of amides is 5. The van der Waals surface area contributed by atoms with Crippen LogP contribution in [0.3, 0.4) is 0 Å². The number of aromatic nitrogens is 2. The summed E-state index contributed by atoms with van der Waals surface area (Å²) < 4.78 is 16.7. The van der Waals surface area contributed by atoms with Crippen LogP contribution in [-0.2, 0) is 25.5 Å². The van der Waals surface area contributed by atoms with Gasteiger partial charge in [-0.25, -0.2) is 9.97 Å². The van der Waals surface area contributed by atoms with Crippen molar-refractivity contribution in [3.8, 4) is 0 Å². The Hall–Kier alpha value is -5.05. The molecule has 5 rings (SSSR count). The molecule has 4 N–H and O–H groups in total. The lowest BCUT2D eigenvalue weighted by Crippen LogP contribution is -2.49. The van der Waals surface area contributed by atoms with E-state index in [9.17, 15) is 24.0 Å². The highest BCUT2D eigenvalue weighted by Crippen LogP contribution is 2.26. The molecule has 0 radical (unpaired) electrons. The zero-order chi connectivity index (χ0) is 35.5. The predicted octanol–water partition coefficient (Wildman–Crippen LogP) is 2.22. The molecule has 0 saturated carbocycles. The molecule has 3 aromatic rings. The number of carbonyl (C=O) groups is 5. The molecule has 15 heteroatoms. The first kappa shape index (κ1) is 35.3. The SMILES string of the molecule is COC(C)(C)C(=O)N[C@H]1C[C@H]2C(=O)N[C@@H](Cc3ccccc3)c3nc(co3)C(=O)N[C@H](CC(C)C)C(=O)N[C@H](C)c3nc(co3)C(=O)N2C1. The van der Waals surface area contributed by atoms with E-state index in [1.54, 1.807) is 20.8 Å². The van der Waals surface area contributed by atoms with E-state index < -0.39 is 65.3 Å². The molecule has 262 valence electrons. The summed E-state index contributed by atoms with van der Waals surface area (Å²) in [5.74, 6) is -2.46. The fourth-order valence-corrected chi connectivity index (χ4v) is 5.78. The number of carbonyl (C=O) groups excluding carboxylic acids is 5. The van der Waals surface area contributed by atoms with Crippen molar-refractivity contribution in [1.82, 2.24) is 36.1 Å². The van der Waals surface area contributed by atoms with E-state index in [0.29, 0.717) is 6.42 Å². The molecule has 2 aromatic heterocycles. The van der Waals surface area contributed by atoms with Gasteiger partial charge < -0.3 is 39.7 Å². The van der Waals surface area contributed by atoms with E-state index in [0.717, 1.165) is 5.56 Å². The fraction of sp³-hybridized carbons (Fsp3) is 0.500. The maximum absolute atomic E-state index is 14.1. The van der Waals surface area contributed by atoms with Crippen molar-refractivity contribution < 1.29 is 37.5 Å². The van der Waals surface area contributed by atoms with E-state index in [2.05, 4.69) is 31.2 Å². The normalized spacial score (nSPS) is 23.7. The summed E-state index contributed by atoms with van der Waals surface area (Å²) in [6.45, 7) is 8.71. The number of fused-ring (bicyclic) bond motifs is 5. The Labute approximate surface area is 283 Å². The summed E-state index contributed by atoms with van der Waals surface area (Å²) in [4.78, 5) is 77.9. The number of hydrogen-bond acceptors (Lipinski definition) is 10. The number of hydrogen-bond donors (Lipinski definition) is 4. The van der Waals surface area contributed by atoms with Gasteiger partial charge in [0.15, 0.2) is 11.4 Å². The molecule has 0 unspecified atom stereocenters. The highest BCUT2D eigenvalue weighted by atomic mass is 16.5. The van der Waals surface area contributed by atoms with Crippen LogP contribution in [0.25, 0.3) is 0 Å². The monoisotopic (exact) mass is 677 g/mol. The minimum Gasteiger partial charge on any atom is -0.446 e. The maximum atomic E-state index is 14.1.